The van der Waals surface area contributed by atoms with Gasteiger partial charge in [0.05, 0.1) is 12.7 Å². The van der Waals surface area contributed by atoms with Crippen LogP contribution in [0.25, 0.3) is 0 Å². The average Bonchev–Trinajstić information content (AvgIpc) is 3.02. The van der Waals surface area contributed by atoms with E-state index in [1.54, 1.807) is 12.1 Å². The summed E-state index contributed by atoms with van der Waals surface area (Å²) in [6, 6.07) is 7.50. The van der Waals surface area contributed by atoms with Crippen LogP contribution < -0.4 is 5.73 Å². The van der Waals surface area contributed by atoms with Crippen molar-refractivity contribution < 1.29 is 9.53 Å². The zero-order chi connectivity index (χ0) is 10.7. The first-order chi connectivity index (χ1) is 7.25. The quantitative estimate of drug-likeness (QED) is 0.741. The van der Waals surface area contributed by atoms with Crippen molar-refractivity contribution in [3.05, 3.63) is 35.4 Å². The molecule has 3 nitrogen and oxygen atoms in total. The molecule has 1 amide bonds. The summed E-state index contributed by atoms with van der Waals surface area (Å²) < 4.78 is 5.14. The standard InChI is InChI=1S/C12H15NO2/c13-12(14)10-6-4-9(5-7-10)2-1-3-11-8-15-11/h4-7,11H,1-3,8H2,(H2,13,14). The molecule has 1 heterocycles. The first-order valence-corrected chi connectivity index (χ1v) is 5.26. The van der Waals surface area contributed by atoms with Crippen LogP contribution >= 0.6 is 0 Å². The number of rotatable bonds is 5. The van der Waals surface area contributed by atoms with Gasteiger partial charge in [0.1, 0.15) is 0 Å². The van der Waals surface area contributed by atoms with Crippen LogP contribution in [0.1, 0.15) is 28.8 Å². The summed E-state index contributed by atoms with van der Waals surface area (Å²) in [6.45, 7) is 0.931. The first-order valence-electron chi connectivity index (χ1n) is 5.26. The van der Waals surface area contributed by atoms with Crippen LogP contribution in [-0.4, -0.2) is 18.6 Å². The minimum atomic E-state index is -0.368. The maximum absolute atomic E-state index is 10.8. The molecule has 3 heteroatoms. The summed E-state index contributed by atoms with van der Waals surface area (Å²) in [5, 5.41) is 0. The van der Waals surface area contributed by atoms with Gasteiger partial charge in [-0.2, -0.15) is 0 Å². The SMILES string of the molecule is NC(=O)c1ccc(CCCC2CO2)cc1. The zero-order valence-corrected chi connectivity index (χ0v) is 8.61. The number of nitrogens with two attached hydrogens (primary N) is 1. The van der Waals surface area contributed by atoms with Crippen molar-refractivity contribution in [2.45, 2.75) is 25.4 Å². The Morgan fingerprint density at radius 2 is 2.07 bits per heavy atom. The topological polar surface area (TPSA) is 55.6 Å². The van der Waals surface area contributed by atoms with Crippen LogP contribution in [0.4, 0.5) is 0 Å². The number of hydrogen-bond donors (Lipinski definition) is 1. The lowest BCUT2D eigenvalue weighted by Crippen LogP contribution is -2.10. The fourth-order valence-electron chi connectivity index (χ4n) is 1.60. The Bertz CT molecular complexity index is 341. The van der Waals surface area contributed by atoms with E-state index in [1.165, 1.54) is 5.56 Å². The molecule has 1 fully saturated rings. The maximum Gasteiger partial charge on any atom is 0.248 e. The molecular formula is C12H15NO2. The zero-order valence-electron chi connectivity index (χ0n) is 8.61. The third kappa shape index (κ3) is 3.06. The molecule has 0 bridgehead atoms. The molecule has 0 aromatic heterocycles. The molecule has 1 aliphatic heterocycles. The monoisotopic (exact) mass is 205 g/mol. The molecule has 1 aliphatic rings. The number of carbonyl (C=O) groups excluding carboxylic acids is 1. The molecule has 0 radical (unpaired) electrons. The summed E-state index contributed by atoms with van der Waals surface area (Å²) in [5.41, 5.74) is 6.98. The maximum atomic E-state index is 10.8. The van der Waals surface area contributed by atoms with Gasteiger partial charge in [-0.05, 0) is 37.0 Å². The van der Waals surface area contributed by atoms with Crippen LogP contribution in [0.5, 0.6) is 0 Å². The number of hydrogen-bond acceptors (Lipinski definition) is 2. The van der Waals surface area contributed by atoms with Gasteiger partial charge in [-0.1, -0.05) is 12.1 Å². The highest BCUT2D eigenvalue weighted by molar-refractivity contribution is 5.92. The number of aryl methyl sites for hydroxylation is 1. The molecule has 1 unspecified atom stereocenters. The largest absolute Gasteiger partial charge is 0.373 e. The molecular weight excluding hydrogens is 190 g/mol. The fourth-order valence-corrected chi connectivity index (χ4v) is 1.60. The average molecular weight is 205 g/mol. The van der Waals surface area contributed by atoms with Crippen molar-refractivity contribution in [2.24, 2.45) is 5.73 Å². The normalized spacial score (nSPS) is 18.8. The predicted octanol–water partition coefficient (Wildman–Crippen LogP) is 1.51. The van der Waals surface area contributed by atoms with E-state index in [4.69, 9.17) is 10.5 Å². The lowest BCUT2D eigenvalue weighted by atomic mass is 10.1. The predicted molar refractivity (Wildman–Crippen MR) is 57.6 cm³/mol. The molecule has 0 aliphatic carbocycles. The van der Waals surface area contributed by atoms with Crippen LogP contribution in [0.3, 0.4) is 0 Å². The third-order valence-corrected chi connectivity index (χ3v) is 2.63. The van der Waals surface area contributed by atoms with Crippen LogP contribution in [0, 0.1) is 0 Å². The van der Waals surface area contributed by atoms with Crippen molar-refractivity contribution in [1.82, 2.24) is 0 Å². The smallest absolute Gasteiger partial charge is 0.248 e. The van der Waals surface area contributed by atoms with Gasteiger partial charge in [0.15, 0.2) is 0 Å². The van der Waals surface area contributed by atoms with Crippen LogP contribution in [0.15, 0.2) is 24.3 Å². The number of amides is 1. The molecule has 0 saturated carbocycles. The number of primary amides is 1. The van der Waals surface area contributed by atoms with Crippen molar-refractivity contribution >= 4 is 5.91 Å². The second-order valence-corrected chi connectivity index (χ2v) is 3.91. The molecule has 15 heavy (non-hydrogen) atoms. The summed E-state index contributed by atoms with van der Waals surface area (Å²) in [5.74, 6) is -0.368. The third-order valence-electron chi connectivity index (χ3n) is 2.63. The fraction of sp³-hybridized carbons (Fsp3) is 0.417. The Kier molecular flexibility index (Phi) is 3.02. The highest BCUT2D eigenvalue weighted by Gasteiger charge is 2.21. The molecule has 2 N–H and O–H groups in total. The van der Waals surface area contributed by atoms with Gasteiger partial charge in [0.2, 0.25) is 5.91 Å². The van der Waals surface area contributed by atoms with Gasteiger partial charge in [-0.25, -0.2) is 0 Å². The van der Waals surface area contributed by atoms with Crippen molar-refractivity contribution in [1.29, 1.82) is 0 Å². The lowest BCUT2D eigenvalue weighted by Gasteiger charge is -2.01. The second kappa shape index (κ2) is 4.45. The number of carbonyl (C=O) groups is 1. The van der Waals surface area contributed by atoms with Gasteiger partial charge in [-0.15, -0.1) is 0 Å². The molecule has 1 saturated heterocycles. The molecule has 1 aromatic rings. The van der Waals surface area contributed by atoms with E-state index in [2.05, 4.69) is 0 Å². The second-order valence-electron chi connectivity index (χ2n) is 3.91. The number of benzene rings is 1. The van der Waals surface area contributed by atoms with Gasteiger partial charge in [0, 0.05) is 5.56 Å². The van der Waals surface area contributed by atoms with Gasteiger partial charge in [-0.3, -0.25) is 4.79 Å². The highest BCUT2D eigenvalue weighted by atomic mass is 16.6. The number of ether oxygens (including phenoxy) is 1. The Hall–Kier alpha value is -1.35. The lowest BCUT2D eigenvalue weighted by molar-refractivity contribution is 0.100. The first kappa shape index (κ1) is 10.2. The highest BCUT2D eigenvalue weighted by Crippen LogP contribution is 2.17. The van der Waals surface area contributed by atoms with Gasteiger partial charge < -0.3 is 10.5 Å². The van der Waals surface area contributed by atoms with Gasteiger partial charge in [0.25, 0.3) is 0 Å². The van der Waals surface area contributed by atoms with E-state index >= 15 is 0 Å². The molecule has 0 spiro atoms. The van der Waals surface area contributed by atoms with E-state index in [1.807, 2.05) is 12.1 Å². The van der Waals surface area contributed by atoms with Crippen LogP contribution in [-0.2, 0) is 11.2 Å². The van der Waals surface area contributed by atoms with Crippen molar-refractivity contribution in [2.75, 3.05) is 6.61 Å². The van der Waals surface area contributed by atoms with E-state index < -0.39 is 0 Å². The van der Waals surface area contributed by atoms with Crippen molar-refractivity contribution in [3.8, 4) is 0 Å². The molecule has 1 aromatic carbocycles. The Labute approximate surface area is 89.2 Å². The molecule has 1 atom stereocenters. The van der Waals surface area contributed by atoms with Crippen LogP contribution in [0.2, 0.25) is 0 Å². The summed E-state index contributed by atoms with van der Waals surface area (Å²) >= 11 is 0. The number of epoxide rings is 1. The minimum Gasteiger partial charge on any atom is -0.373 e. The summed E-state index contributed by atoms with van der Waals surface area (Å²) in [6.07, 6.45) is 3.83. The minimum absolute atomic E-state index is 0.368. The van der Waals surface area contributed by atoms with Gasteiger partial charge >= 0.3 is 0 Å². The van der Waals surface area contributed by atoms with Crippen molar-refractivity contribution in [3.63, 3.8) is 0 Å². The van der Waals surface area contributed by atoms with E-state index in [-0.39, 0.29) is 5.91 Å². The summed E-state index contributed by atoms with van der Waals surface area (Å²) in [4.78, 5) is 10.8. The molecule has 2 rings (SSSR count). The molecule has 80 valence electrons. The summed E-state index contributed by atoms with van der Waals surface area (Å²) in [7, 11) is 0. The van der Waals surface area contributed by atoms with E-state index in [0.29, 0.717) is 11.7 Å². The Balaban J connectivity index is 1.83. The van der Waals surface area contributed by atoms with E-state index in [0.717, 1.165) is 25.9 Å². The van der Waals surface area contributed by atoms with E-state index in [9.17, 15) is 4.79 Å². The Morgan fingerprint density at radius 3 is 2.60 bits per heavy atom. The Morgan fingerprint density at radius 1 is 1.40 bits per heavy atom.